The zero-order chi connectivity index (χ0) is 26.1. The molecule has 0 atom stereocenters. The highest BCUT2D eigenvalue weighted by Gasteiger charge is 2.23. The van der Waals surface area contributed by atoms with Crippen molar-refractivity contribution in [1.29, 1.82) is 0 Å². The number of imidazole rings is 1. The van der Waals surface area contributed by atoms with Gasteiger partial charge in [-0.25, -0.2) is 18.7 Å². The highest BCUT2D eigenvalue weighted by atomic mass is 19.1. The average molecular weight is 514 g/mol. The Kier molecular flexibility index (Phi) is 6.20. The summed E-state index contributed by atoms with van der Waals surface area (Å²) < 4.78 is 34.0. The molecule has 3 aromatic heterocycles. The molecule has 0 bridgehead atoms. The molecule has 10 heteroatoms. The lowest BCUT2D eigenvalue weighted by Crippen LogP contribution is -2.40. The van der Waals surface area contributed by atoms with E-state index in [0.29, 0.717) is 23.2 Å². The normalized spacial score (nSPS) is 14.1. The number of anilines is 2. The van der Waals surface area contributed by atoms with Crippen LogP contribution in [0.5, 0.6) is 0 Å². The van der Waals surface area contributed by atoms with Crippen LogP contribution in [0.15, 0.2) is 90.1 Å². The molecule has 5 aromatic rings. The number of piperidine rings is 1. The van der Waals surface area contributed by atoms with Crippen LogP contribution in [0.3, 0.4) is 0 Å². The fourth-order valence-electron chi connectivity index (χ4n) is 4.65. The third-order valence-corrected chi connectivity index (χ3v) is 6.62. The first-order valence-electron chi connectivity index (χ1n) is 12.3. The number of rotatable bonds is 7. The average Bonchev–Trinajstić information content (AvgIpc) is 3.53. The van der Waals surface area contributed by atoms with Crippen LogP contribution in [0.2, 0.25) is 0 Å². The summed E-state index contributed by atoms with van der Waals surface area (Å²) in [6, 6.07) is 14.4. The lowest BCUT2D eigenvalue weighted by molar-refractivity contribution is 0.275. The predicted molar refractivity (Wildman–Crippen MR) is 141 cm³/mol. The maximum atomic E-state index is 13.5. The lowest BCUT2D eigenvalue weighted by atomic mass is 10.1. The van der Waals surface area contributed by atoms with Gasteiger partial charge in [-0.05, 0) is 67.4 Å². The third-order valence-electron chi connectivity index (χ3n) is 6.62. The molecule has 6 rings (SSSR count). The van der Waals surface area contributed by atoms with E-state index in [-0.39, 0.29) is 17.7 Å². The van der Waals surface area contributed by atoms with Gasteiger partial charge in [0.2, 0.25) is 5.95 Å². The fraction of sp³-hybridized carbons (Fsp3) is 0.179. The number of nitrogens with one attached hydrogen (secondary N) is 2. The topological polar surface area (TPSA) is 83.5 Å². The number of halogens is 2. The number of benzene rings is 2. The van der Waals surface area contributed by atoms with Crippen molar-refractivity contribution in [2.24, 2.45) is 0 Å². The monoisotopic (exact) mass is 513 g/mol. The van der Waals surface area contributed by atoms with Crippen molar-refractivity contribution in [2.45, 2.75) is 18.9 Å². The highest BCUT2D eigenvalue weighted by molar-refractivity contribution is 5.79. The Bertz CT molecular complexity index is 1570. The van der Waals surface area contributed by atoms with Crippen molar-refractivity contribution in [3.63, 3.8) is 0 Å². The first-order chi connectivity index (χ1) is 18.5. The Morgan fingerprint density at radius 3 is 2.39 bits per heavy atom. The standard InChI is InChI=1S/C28H25F2N7O/c1-18(32-22-8-6-21(30)7-9-22)36-14-11-23(12-15-36)33-27-31-13-10-24(34-27)26-25(19-2-4-20(29)5-3-19)35-28-37(26)16-17-38-28/h2-10,13,16-17,23,32H,1,11-12,14-15H2,(H,31,33,34). The molecule has 4 heterocycles. The number of hydrogen-bond donors (Lipinski definition) is 2. The van der Waals surface area contributed by atoms with Crippen molar-refractivity contribution < 1.29 is 13.2 Å². The molecule has 0 unspecified atom stereocenters. The largest absolute Gasteiger partial charge is 0.432 e. The summed E-state index contributed by atoms with van der Waals surface area (Å²) in [7, 11) is 0. The van der Waals surface area contributed by atoms with Crippen molar-refractivity contribution in [1.82, 2.24) is 24.3 Å². The quantitative estimate of drug-likeness (QED) is 0.285. The van der Waals surface area contributed by atoms with Crippen molar-refractivity contribution in [3.8, 4) is 22.6 Å². The summed E-state index contributed by atoms with van der Waals surface area (Å²) in [5.41, 5.74) is 3.62. The van der Waals surface area contributed by atoms with E-state index in [4.69, 9.17) is 9.40 Å². The first-order valence-corrected chi connectivity index (χ1v) is 12.3. The van der Waals surface area contributed by atoms with Gasteiger partial charge in [0.1, 0.15) is 29.3 Å². The van der Waals surface area contributed by atoms with Crippen LogP contribution in [-0.4, -0.2) is 43.4 Å². The summed E-state index contributed by atoms with van der Waals surface area (Å²) in [6.45, 7) is 5.75. The van der Waals surface area contributed by atoms with Crippen LogP contribution >= 0.6 is 0 Å². The molecule has 38 heavy (non-hydrogen) atoms. The summed E-state index contributed by atoms with van der Waals surface area (Å²) >= 11 is 0. The summed E-state index contributed by atoms with van der Waals surface area (Å²) in [5, 5.41) is 6.71. The van der Waals surface area contributed by atoms with Gasteiger partial charge in [-0.1, -0.05) is 6.58 Å². The number of likely N-dealkylation sites (tertiary alicyclic amines) is 1. The number of nitrogens with zero attached hydrogens (tertiary/aromatic N) is 5. The molecule has 1 fully saturated rings. The fourth-order valence-corrected chi connectivity index (χ4v) is 4.65. The summed E-state index contributed by atoms with van der Waals surface area (Å²) in [6.07, 6.45) is 6.80. The van der Waals surface area contributed by atoms with Gasteiger partial charge in [0.15, 0.2) is 0 Å². The van der Waals surface area contributed by atoms with Gasteiger partial charge < -0.3 is 20.0 Å². The zero-order valence-corrected chi connectivity index (χ0v) is 20.4. The maximum absolute atomic E-state index is 13.5. The van der Waals surface area contributed by atoms with Gasteiger partial charge in [0.25, 0.3) is 0 Å². The Morgan fingerprint density at radius 2 is 1.66 bits per heavy atom. The molecule has 0 radical (unpaired) electrons. The minimum Gasteiger partial charge on any atom is -0.432 e. The van der Waals surface area contributed by atoms with Crippen LogP contribution < -0.4 is 10.6 Å². The number of hydrogen-bond acceptors (Lipinski definition) is 7. The molecule has 1 saturated heterocycles. The maximum Gasteiger partial charge on any atom is 0.306 e. The second-order valence-electron chi connectivity index (χ2n) is 9.12. The van der Waals surface area contributed by atoms with Crippen LogP contribution in [0, 0.1) is 11.6 Å². The van der Waals surface area contributed by atoms with E-state index >= 15 is 0 Å². The third kappa shape index (κ3) is 4.80. The summed E-state index contributed by atoms with van der Waals surface area (Å²) in [4.78, 5) is 16.0. The van der Waals surface area contributed by atoms with Gasteiger partial charge >= 0.3 is 5.84 Å². The SMILES string of the molecule is C=C(Nc1ccc(F)cc1)N1CCC(Nc2nccc(-c3c(-c4ccc(F)cc4)nc4occn34)n2)CC1. The smallest absolute Gasteiger partial charge is 0.306 e. The van der Waals surface area contributed by atoms with Crippen molar-refractivity contribution in [2.75, 3.05) is 23.7 Å². The second-order valence-corrected chi connectivity index (χ2v) is 9.12. The molecule has 0 spiro atoms. The van der Waals surface area contributed by atoms with Crippen LogP contribution in [0.25, 0.3) is 28.5 Å². The first kappa shape index (κ1) is 23.7. The highest BCUT2D eigenvalue weighted by Crippen LogP contribution is 2.32. The van der Waals surface area contributed by atoms with Crippen molar-refractivity contribution >= 4 is 17.5 Å². The predicted octanol–water partition coefficient (Wildman–Crippen LogP) is 5.79. The molecular formula is C28H25F2N7O. The van der Waals surface area contributed by atoms with E-state index in [1.807, 2.05) is 10.5 Å². The Balaban J connectivity index is 1.16. The van der Waals surface area contributed by atoms with Crippen LogP contribution in [0.4, 0.5) is 20.4 Å². The molecule has 192 valence electrons. The van der Waals surface area contributed by atoms with E-state index < -0.39 is 0 Å². The molecular weight excluding hydrogens is 488 g/mol. The summed E-state index contributed by atoms with van der Waals surface area (Å²) in [5.74, 6) is 1.15. The molecule has 0 amide bonds. The minimum atomic E-state index is -0.312. The van der Waals surface area contributed by atoms with Gasteiger partial charge in [0, 0.05) is 42.8 Å². The Labute approximate surface area is 217 Å². The zero-order valence-electron chi connectivity index (χ0n) is 20.4. The van der Waals surface area contributed by atoms with E-state index in [1.54, 1.807) is 42.9 Å². The van der Waals surface area contributed by atoms with Crippen LogP contribution in [-0.2, 0) is 0 Å². The van der Waals surface area contributed by atoms with E-state index in [2.05, 4.69) is 32.1 Å². The van der Waals surface area contributed by atoms with Gasteiger partial charge in [-0.15, -0.1) is 0 Å². The number of aromatic nitrogens is 4. The minimum absolute atomic E-state index is 0.191. The van der Waals surface area contributed by atoms with Gasteiger partial charge in [-0.2, -0.15) is 4.98 Å². The number of fused-ring (bicyclic) bond motifs is 1. The Morgan fingerprint density at radius 1 is 0.947 bits per heavy atom. The lowest BCUT2D eigenvalue weighted by Gasteiger charge is -2.35. The van der Waals surface area contributed by atoms with Crippen molar-refractivity contribution in [3.05, 3.63) is 97.3 Å². The number of oxazole rings is 1. The van der Waals surface area contributed by atoms with Gasteiger partial charge in [-0.3, -0.25) is 4.40 Å². The molecule has 1 aliphatic heterocycles. The van der Waals surface area contributed by atoms with Crippen LogP contribution in [0.1, 0.15) is 12.8 Å². The van der Waals surface area contributed by atoms with E-state index in [1.165, 1.54) is 24.3 Å². The molecule has 2 N–H and O–H groups in total. The molecule has 1 aliphatic rings. The van der Waals surface area contributed by atoms with E-state index in [0.717, 1.165) is 48.7 Å². The van der Waals surface area contributed by atoms with Gasteiger partial charge in [0.05, 0.1) is 11.5 Å². The molecule has 8 nitrogen and oxygen atoms in total. The Hall–Kier alpha value is -4.73. The van der Waals surface area contributed by atoms with E-state index in [9.17, 15) is 8.78 Å². The second kappa shape index (κ2) is 9.97. The molecule has 0 aliphatic carbocycles. The molecule has 2 aromatic carbocycles. The molecule has 0 saturated carbocycles.